The molecular weight excluding hydrogens is 263 g/mol. The first-order valence-electron chi connectivity index (χ1n) is 5.71. The summed E-state index contributed by atoms with van der Waals surface area (Å²) in [5.74, 6) is -1.00. The maximum atomic E-state index is 12.5. The Morgan fingerprint density at radius 2 is 2.00 bits per heavy atom. The molecule has 0 atom stereocenters. The fraction of sp³-hybridized carbons (Fsp3) is 0.500. The second-order valence-electron chi connectivity index (χ2n) is 4.95. The van der Waals surface area contributed by atoms with Gasteiger partial charge < -0.3 is 9.67 Å². The molecule has 0 aliphatic heterocycles. The van der Waals surface area contributed by atoms with E-state index in [4.69, 9.17) is 5.11 Å². The van der Waals surface area contributed by atoms with E-state index in [1.54, 1.807) is 0 Å². The van der Waals surface area contributed by atoms with E-state index in [0.717, 1.165) is 22.9 Å². The van der Waals surface area contributed by atoms with Crippen molar-refractivity contribution < 1.29 is 23.1 Å². The lowest BCUT2D eigenvalue weighted by Gasteiger charge is -2.16. The van der Waals surface area contributed by atoms with Crippen molar-refractivity contribution in [3.63, 3.8) is 0 Å². The van der Waals surface area contributed by atoms with Gasteiger partial charge in [0, 0.05) is 18.8 Å². The zero-order chi connectivity index (χ0) is 14.3. The Balaban J connectivity index is 2.26. The summed E-state index contributed by atoms with van der Waals surface area (Å²) in [6.45, 7) is 0.0159. The molecule has 1 N–H and O–H groups in total. The number of hydrogen-bond donors (Lipinski definition) is 1. The van der Waals surface area contributed by atoms with Crippen molar-refractivity contribution in [1.82, 2.24) is 4.57 Å². The SMILES string of the molecule is O=C(O)CC1(Cn2cc(C(F)(F)F)ccc2=O)CC1. The highest BCUT2D eigenvalue weighted by Gasteiger charge is 2.45. The van der Waals surface area contributed by atoms with Gasteiger partial charge in [0.15, 0.2) is 0 Å². The number of carboxylic acid groups (broad SMARTS) is 1. The first-order chi connectivity index (χ1) is 8.72. The lowest BCUT2D eigenvalue weighted by molar-refractivity contribution is -0.139. The van der Waals surface area contributed by atoms with Crippen LogP contribution in [0, 0.1) is 5.41 Å². The summed E-state index contributed by atoms with van der Waals surface area (Å²) < 4.78 is 38.6. The minimum atomic E-state index is -4.51. The fourth-order valence-electron chi connectivity index (χ4n) is 2.07. The smallest absolute Gasteiger partial charge is 0.417 e. The third kappa shape index (κ3) is 3.15. The van der Waals surface area contributed by atoms with E-state index in [-0.39, 0.29) is 13.0 Å². The van der Waals surface area contributed by atoms with Crippen molar-refractivity contribution in [3.05, 3.63) is 34.2 Å². The molecule has 0 aromatic carbocycles. The van der Waals surface area contributed by atoms with Crippen LogP contribution in [0.4, 0.5) is 13.2 Å². The Kier molecular flexibility index (Phi) is 3.15. The van der Waals surface area contributed by atoms with Crippen molar-refractivity contribution >= 4 is 5.97 Å². The van der Waals surface area contributed by atoms with E-state index in [1.165, 1.54) is 0 Å². The van der Waals surface area contributed by atoms with Gasteiger partial charge in [-0.25, -0.2) is 0 Å². The number of alkyl halides is 3. The molecule has 1 aromatic rings. The minimum Gasteiger partial charge on any atom is -0.481 e. The molecular formula is C12H12F3NO3. The van der Waals surface area contributed by atoms with Crippen LogP contribution in [-0.4, -0.2) is 15.6 Å². The summed E-state index contributed by atoms with van der Waals surface area (Å²) in [7, 11) is 0. The lowest BCUT2D eigenvalue weighted by atomic mass is 10.0. The summed E-state index contributed by atoms with van der Waals surface area (Å²) in [6.07, 6.45) is -2.66. The molecule has 0 radical (unpaired) electrons. The summed E-state index contributed by atoms with van der Waals surface area (Å²) >= 11 is 0. The van der Waals surface area contributed by atoms with Crippen molar-refractivity contribution in [2.75, 3.05) is 0 Å². The third-order valence-corrected chi connectivity index (χ3v) is 3.30. The number of aromatic nitrogens is 1. The summed E-state index contributed by atoms with van der Waals surface area (Å²) in [6, 6.07) is 1.59. The molecule has 1 aliphatic carbocycles. The van der Waals surface area contributed by atoms with Gasteiger partial charge in [-0.05, 0) is 24.3 Å². The van der Waals surface area contributed by atoms with Crippen molar-refractivity contribution in [1.29, 1.82) is 0 Å². The van der Waals surface area contributed by atoms with Gasteiger partial charge in [0.25, 0.3) is 5.56 Å². The molecule has 0 spiro atoms. The van der Waals surface area contributed by atoms with Crippen LogP contribution < -0.4 is 5.56 Å². The molecule has 0 amide bonds. The standard InChI is InChI=1S/C12H12F3NO3/c13-12(14,15)8-1-2-9(17)16(6-8)7-11(3-4-11)5-10(18)19/h1-2,6H,3-5,7H2,(H,18,19). The predicted octanol–water partition coefficient (Wildman–Crippen LogP) is 2.12. The van der Waals surface area contributed by atoms with Crippen LogP contribution in [-0.2, 0) is 17.5 Å². The largest absolute Gasteiger partial charge is 0.481 e. The van der Waals surface area contributed by atoms with Crippen molar-refractivity contribution in [2.24, 2.45) is 5.41 Å². The highest BCUT2D eigenvalue weighted by atomic mass is 19.4. The van der Waals surface area contributed by atoms with E-state index < -0.39 is 28.7 Å². The van der Waals surface area contributed by atoms with Crippen LogP contribution in [0.2, 0.25) is 0 Å². The molecule has 2 rings (SSSR count). The van der Waals surface area contributed by atoms with Crippen LogP contribution in [0.1, 0.15) is 24.8 Å². The van der Waals surface area contributed by atoms with E-state index >= 15 is 0 Å². The Morgan fingerprint density at radius 3 is 2.47 bits per heavy atom. The topological polar surface area (TPSA) is 59.3 Å². The van der Waals surface area contributed by atoms with Gasteiger partial charge >= 0.3 is 12.1 Å². The first kappa shape index (κ1) is 13.6. The van der Waals surface area contributed by atoms with E-state index in [9.17, 15) is 22.8 Å². The van der Waals surface area contributed by atoms with Gasteiger partial charge in [0.05, 0.1) is 12.0 Å². The number of carboxylic acids is 1. The number of hydrogen-bond acceptors (Lipinski definition) is 2. The zero-order valence-electron chi connectivity index (χ0n) is 9.91. The summed E-state index contributed by atoms with van der Waals surface area (Å²) in [4.78, 5) is 22.2. The van der Waals surface area contributed by atoms with Gasteiger partial charge in [0.2, 0.25) is 0 Å². The maximum absolute atomic E-state index is 12.5. The monoisotopic (exact) mass is 275 g/mol. The average molecular weight is 275 g/mol. The molecule has 1 heterocycles. The molecule has 1 aromatic heterocycles. The number of nitrogens with zero attached hydrogens (tertiary/aromatic N) is 1. The first-order valence-corrected chi connectivity index (χ1v) is 5.71. The van der Waals surface area contributed by atoms with E-state index in [1.807, 2.05) is 0 Å². The predicted molar refractivity (Wildman–Crippen MR) is 59.6 cm³/mol. The van der Waals surface area contributed by atoms with Gasteiger partial charge in [-0.2, -0.15) is 13.2 Å². The number of halogens is 3. The Bertz CT molecular complexity index is 558. The van der Waals surface area contributed by atoms with E-state index in [0.29, 0.717) is 12.8 Å². The third-order valence-electron chi connectivity index (χ3n) is 3.30. The summed E-state index contributed by atoms with van der Waals surface area (Å²) in [5.41, 5.74) is -2.03. The molecule has 0 saturated heterocycles. The van der Waals surface area contributed by atoms with Gasteiger partial charge in [-0.15, -0.1) is 0 Å². The Hall–Kier alpha value is -1.79. The number of aliphatic carboxylic acids is 1. The Labute approximate surface area is 106 Å². The van der Waals surface area contributed by atoms with Crippen LogP contribution >= 0.6 is 0 Å². The summed E-state index contributed by atoms with van der Waals surface area (Å²) in [5, 5.41) is 8.75. The normalized spacial score (nSPS) is 17.2. The molecule has 19 heavy (non-hydrogen) atoms. The zero-order valence-corrected chi connectivity index (χ0v) is 9.91. The second kappa shape index (κ2) is 4.40. The number of rotatable bonds is 4. The molecule has 0 bridgehead atoms. The quantitative estimate of drug-likeness (QED) is 0.915. The fourth-order valence-corrected chi connectivity index (χ4v) is 2.07. The molecule has 1 aliphatic rings. The van der Waals surface area contributed by atoms with Crippen LogP contribution in [0.5, 0.6) is 0 Å². The highest BCUT2D eigenvalue weighted by Crippen LogP contribution is 2.50. The van der Waals surface area contributed by atoms with Gasteiger partial charge in [-0.3, -0.25) is 9.59 Å². The lowest BCUT2D eigenvalue weighted by Crippen LogP contribution is -2.26. The molecule has 0 unspecified atom stereocenters. The van der Waals surface area contributed by atoms with E-state index in [2.05, 4.69) is 0 Å². The number of pyridine rings is 1. The minimum absolute atomic E-state index is 0.0159. The maximum Gasteiger partial charge on any atom is 0.417 e. The molecule has 4 nitrogen and oxygen atoms in total. The molecule has 1 saturated carbocycles. The van der Waals surface area contributed by atoms with Crippen LogP contribution in [0.25, 0.3) is 0 Å². The Morgan fingerprint density at radius 1 is 1.37 bits per heavy atom. The van der Waals surface area contributed by atoms with Crippen molar-refractivity contribution in [3.8, 4) is 0 Å². The van der Waals surface area contributed by atoms with Crippen LogP contribution in [0.15, 0.2) is 23.1 Å². The number of carbonyl (C=O) groups is 1. The van der Waals surface area contributed by atoms with Gasteiger partial charge in [0.1, 0.15) is 0 Å². The van der Waals surface area contributed by atoms with Gasteiger partial charge in [-0.1, -0.05) is 0 Å². The van der Waals surface area contributed by atoms with Crippen molar-refractivity contribution in [2.45, 2.75) is 32.0 Å². The molecule has 104 valence electrons. The highest BCUT2D eigenvalue weighted by molar-refractivity contribution is 5.68. The molecule has 7 heteroatoms. The molecule has 1 fully saturated rings. The van der Waals surface area contributed by atoms with Crippen LogP contribution in [0.3, 0.4) is 0 Å². The second-order valence-corrected chi connectivity index (χ2v) is 4.95. The average Bonchev–Trinajstić information content (AvgIpc) is 2.98.